The molecule has 10 nitrogen and oxygen atoms in total. The van der Waals surface area contributed by atoms with Gasteiger partial charge in [-0.15, -0.1) is 0 Å². The molecule has 0 saturated carbocycles. The van der Waals surface area contributed by atoms with Crippen LogP contribution in [0.2, 0.25) is 0 Å². The lowest BCUT2D eigenvalue weighted by atomic mass is 10.0. The Morgan fingerprint density at radius 2 is 2.25 bits per heavy atom. The lowest BCUT2D eigenvalue weighted by Gasteiger charge is -2.32. The van der Waals surface area contributed by atoms with E-state index in [0.29, 0.717) is 54.8 Å². The largest absolute Gasteiger partial charge is 0.378 e. The number of aromatic nitrogens is 2. The van der Waals surface area contributed by atoms with Crippen LogP contribution in [0.15, 0.2) is 18.3 Å². The molecule has 0 radical (unpaired) electrons. The molecule has 11 heteroatoms. The second-order valence-corrected chi connectivity index (χ2v) is 10.1. The summed E-state index contributed by atoms with van der Waals surface area (Å²) in [6.07, 6.45) is 4.10. The van der Waals surface area contributed by atoms with E-state index in [1.54, 1.807) is 18.2 Å². The fourth-order valence-electron chi connectivity index (χ4n) is 4.83. The van der Waals surface area contributed by atoms with Crippen LogP contribution >= 0.6 is 11.8 Å². The van der Waals surface area contributed by atoms with Gasteiger partial charge in [-0.05, 0) is 24.5 Å². The van der Waals surface area contributed by atoms with Crippen molar-refractivity contribution in [2.24, 2.45) is 0 Å². The van der Waals surface area contributed by atoms with Gasteiger partial charge in [0, 0.05) is 56.1 Å². The van der Waals surface area contributed by atoms with Gasteiger partial charge >= 0.3 is 0 Å². The molecule has 36 heavy (non-hydrogen) atoms. The maximum Gasteiger partial charge on any atom is 0.248 e. The molecule has 5 rings (SSSR count). The number of anilines is 3. The average Bonchev–Trinajstić information content (AvgIpc) is 3.36. The molecular formula is C25H28N6O4S. The molecule has 1 N–H and O–H groups in total. The minimum Gasteiger partial charge on any atom is -0.378 e. The van der Waals surface area contributed by atoms with Gasteiger partial charge in [0.05, 0.1) is 30.0 Å². The molecule has 0 aromatic carbocycles. The van der Waals surface area contributed by atoms with Crippen LogP contribution in [0, 0.1) is 11.3 Å². The summed E-state index contributed by atoms with van der Waals surface area (Å²) in [4.78, 5) is 37.2. The number of nitrogens with zero attached hydrogens (tertiary/aromatic N) is 5. The number of hydrogen-bond donors (Lipinski definition) is 1. The first-order valence-electron chi connectivity index (χ1n) is 12.0. The van der Waals surface area contributed by atoms with Crippen LogP contribution in [0.3, 0.4) is 0 Å². The summed E-state index contributed by atoms with van der Waals surface area (Å²) in [6.45, 7) is 2.07. The Hall–Kier alpha value is -3.20. The number of hydrogen-bond acceptors (Lipinski definition) is 10. The standard InChI is InChI=1S/C25H28N6O4S/c1-34-22-15-36-14-21(22)28-19-8-23(27-10-18(19)9-26)31-4-2-3-16-7-17(20(12-32)29-25(16)31)11-30-5-6-35-13-24(30)33/h7-8,10,12,21-22H,2-6,11,13-15H2,1H3,(H,27,28). The van der Waals surface area contributed by atoms with Gasteiger partial charge in [-0.25, -0.2) is 9.97 Å². The van der Waals surface area contributed by atoms with Crippen LogP contribution in [0.1, 0.15) is 33.6 Å². The molecule has 2 unspecified atom stereocenters. The Morgan fingerprint density at radius 1 is 1.36 bits per heavy atom. The van der Waals surface area contributed by atoms with Crippen molar-refractivity contribution in [3.63, 3.8) is 0 Å². The number of carbonyl (C=O) groups excluding carboxylic acids is 2. The molecule has 2 atom stereocenters. The van der Waals surface area contributed by atoms with Crippen molar-refractivity contribution in [3.05, 3.63) is 40.7 Å². The van der Waals surface area contributed by atoms with Crippen molar-refractivity contribution in [2.45, 2.75) is 31.5 Å². The van der Waals surface area contributed by atoms with E-state index >= 15 is 0 Å². The Labute approximate surface area is 214 Å². The molecule has 2 fully saturated rings. The number of aryl methyl sites for hydroxylation is 1. The zero-order valence-electron chi connectivity index (χ0n) is 20.1. The lowest BCUT2D eigenvalue weighted by molar-refractivity contribution is -0.143. The maximum atomic E-state index is 12.2. The maximum absolute atomic E-state index is 12.2. The summed E-state index contributed by atoms with van der Waals surface area (Å²) in [7, 11) is 1.71. The van der Waals surface area contributed by atoms with E-state index in [0.717, 1.165) is 41.8 Å². The number of rotatable bonds is 7. The summed E-state index contributed by atoms with van der Waals surface area (Å²) in [6, 6.07) is 6.19. The summed E-state index contributed by atoms with van der Waals surface area (Å²) in [5.74, 6) is 3.07. The number of nitrogens with one attached hydrogen (secondary N) is 1. The zero-order valence-corrected chi connectivity index (χ0v) is 20.9. The van der Waals surface area contributed by atoms with Crippen molar-refractivity contribution >= 4 is 41.3 Å². The van der Waals surface area contributed by atoms with Crippen LogP contribution in [0.4, 0.5) is 17.3 Å². The molecule has 2 saturated heterocycles. The summed E-state index contributed by atoms with van der Waals surface area (Å²) < 4.78 is 10.8. The van der Waals surface area contributed by atoms with Crippen LogP contribution in [0.25, 0.3) is 0 Å². The molecule has 188 valence electrons. The van der Waals surface area contributed by atoms with Crippen LogP contribution < -0.4 is 10.2 Å². The monoisotopic (exact) mass is 508 g/mol. The number of carbonyl (C=O) groups is 2. The van der Waals surface area contributed by atoms with E-state index in [9.17, 15) is 14.9 Å². The molecular weight excluding hydrogens is 480 g/mol. The van der Waals surface area contributed by atoms with Gasteiger partial charge in [-0.1, -0.05) is 0 Å². The summed E-state index contributed by atoms with van der Waals surface area (Å²) in [5.41, 5.74) is 3.24. The highest BCUT2D eigenvalue weighted by Gasteiger charge is 2.30. The van der Waals surface area contributed by atoms with Crippen molar-refractivity contribution in [1.82, 2.24) is 14.9 Å². The zero-order chi connectivity index (χ0) is 25.1. The third-order valence-electron chi connectivity index (χ3n) is 6.79. The average molecular weight is 509 g/mol. The Balaban J connectivity index is 1.45. The van der Waals surface area contributed by atoms with Gasteiger partial charge < -0.3 is 24.6 Å². The topological polar surface area (TPSA) is 121 Å². The first-order chi connectivity index (χ1) is 17.6. The number of aldehydes is 1. The van der Waals surface area contributed by atoms with E-state index in [1.807, 2.05) is 28.8 Å². The van der Waals surface area contributed by atoms with Crippen molar-refractivity contribution in [3.8, 4) is 6.07 Å². The van der Waals surface area contributed by atoms with Crippen LogP contribution in [-0.4, -0.2) is 84.1 Å². The predicted molar refractivity (Wildman–Crippen MR) is 136 cm³/mol. The second-order valence-electron chi connectivity index (χ2n) is 9.02. The third-order valence-corrected chi connectivity index (χ3v) is 7.95. The molecule has 0 aliphatic carbocycles. The summed E-state index contributed by atoms with van der Waals surface area (Å²) >= 11 is 1.82. The third kappa shape index (κ3) is 4.89. The number of nitriles is 1. The highest BCUT2D eigenvalue weighted by atomic mass is 32.2. The number of thioether (sulfide) groups is 1. The molecule has 2 aromatic heterocycles. The van der Waals surface area contributed by atoms with E-state index in [4.69, 9.17) is 14.5 Å². The molecule has 0 spiro atoms. The quantitative estimate of drug-likeness (QED) is 0.557. The van der Waals surface area contributed by atoms with Crippen molar-refractivity contribution < 1.29 is 19.1 Å². The number of morpholine rings is 1. The summed E-state index contributed by atoms with van der Waals surface area (Å²) in [5, 5.41) is 13.1. The van der Waals surface area contributed by atoms with E-state index < -0.39 is 0 Å². The smallest absolute Gasteiger partial charge is 0.248 e. The number of fused-ring (bicyclic) bond motifs is 1. The number of amides is 1. The molecule has 3 aliphatic rings. The Morgan fingerprint density at radius 3 is 3.03 bits per heavy atom. The van der Waals surface area contributed by atoms with Gasteiger partial charge in [0.2, 0.25) is 5.91 Å². The fourth-order valence-corrected chi connectivity index (χ4v) is 6.12. The normalized spacial score (nSPS) is 21.7. The van der Waals surface area contributed by atoms with Crippen LogP contribution in [0.5, 0.6) is 0 Å². The SMILES string of the molecule is COC1CSCC1Nc1cc(N2CCCc3cc(CN4CCOCC4=O)c(C=O)nc32)ncc1C#N. The Bertz CT molecular complexity index is 1200. The van der Waals surface area contributed by atoms with Gasteiger partial charge in [-0.3, -0.25) is 9.59 Å². The second kappa shape index (κ2) is 10.8. The van der Waals surface area contributed by atoms with Gasteiger partial charge in [-0.2, -0.15) is 17.0 Å². The molecule has 5 heterocycles. The fraction of sp³-hybridized carbons (Fsp3) is 0.480. The van der Waals surface area contributed by atoms with E-state index in [-0.39, 0.29) is 24.7 Å². The van der Waals surface area contributed by atoms with Crippen LogP contribution in [-0.2, 0) is 27.2 Å². The molecule has 0 bridgehead atoms. The first-order valence-corrected chi connectivity index (χ1v) is 13.1. The molecule has 3 aliphatic heterocycles. The highest BCUT2D eigenvalue weighted by molar-refractivity contribution is 7.99. The van der Waals surface area contributed by atoms with Gasteiger partial charge in [0.15, 0.2) is 6.29 Å². The lowest BCUT2D eigenvalue weighted by Crippen LogP contribution is -2.41. The number of ether oxygens (including phenoxy) is 2. The number of methoxy groups -OCH3 is 1. The van der Waals surface area contributed by atoms with Gasteiger partial charge in [0.25, 0.3) is 0 Å². The minimum absolute atomic E-state index is 0.0635. The Kier molecular flexibility index (Phi) is 7.36. The molecule has 1 amide bonds. The molecule has 2 aromatic rings. The van der Waals surface area contributed by atoms with Crippen molar-refractivity contribution in [1.29, 1.82) is 5.26 Å². The minimum atomic E-state index is -0.0874. The van der Waals surface area contributed by atoms with E-state index in [1.165, 1.54) is 0 Å². The number of pyridine rings is 2. The van der Waals surface area contributed by atoms with Crippen molar-refractivity contribution in [2.75, 3.05) is 55.1 Å². The van der Waals surface area contributed by atoms with Gasteiger partial charge in [0.1, 0.15) is 30.0 Å². The van der Waals surface area contributed by atoms with E-state index in [2.05, 4.69) is 16.4 Å². The highest BCUT2D eigenvalue weighted by Crippen LogP contribution is 2.35. The predicted octanol–water partition coefficient (Wildman–Crippen LogP) is 2.15. The first kappa shape index (κ1) is 24.5.